The fourth-order valence-electron chi connectivity index (χ4n) is 3.95. The maximum atomic E-state index is 14.2. The Morgan fingerprint density at radius 1 is 0.739 bits per heavy atom. The van der Waals surface area contributed by atoms with Gasteiger partial charge in [0.05, 0.1) is 5.25 Å². The van der Waals surface area contributed by atoms with Crippen molar-refractivity contribution in [2.24, 2.45) is 0 Å². The van der Waals surface area contributed by atoms with Gasteiger partial charge in [-0.05, 0) is 55.0 Å². The number of carbonyl (C=O) groups is 3. The van der Waals surface area contributed by atoms with Crippen molar-refractivity contribution in [1.82, 2.24) is 5.32 Å². The molecule has 1 atom stereocenters. The molecule has 4 aromatic carbocycles. The van der Waals surface area contributed by atoms with E-state index in [-0.39, 0.29) is 5.70 Å². The zero-order valence-electron chi connectivity index (χ0n) is 23.5. The van der Waals surface area contributed by atoms with E-state index in [1.165, 1.54) is 37.3 Å². The molecule has 3 N–H and O–H groups in total. The van der Waals surface area contributed by atoms with Gasteiger partial charge in [-0.3, -0.25) is 14.4 Å². The minimum absolute atomic E-state index is 0.0561. The first-order valence-electron chi connectivity index (χ1n) is 13.2. The summed E-state index contributed by atoms with van der Waals surface area (Å²) >= 11 is 0.835. The van der Waals surface area contributed by atoms with E-state index < -0.39 is 63.7 Å². The van der Waals surface area contributed by atoms with Gasteiger partial charge < -0.3 is 16.0 Å². The van der Waals surface area contributed by atoms with Crippen molar-refractivity contribution >= 4 is 46.9 Å². The zero-order valence-corrected chi connectivity index (χ0v) is 24.3. The first kappa shape index (κ1) is 33.8. The lowest BCUT2D eigenvalue weighted by molar-refractivity contribution is -0.143. The fourth-order valence-corrected chi connectivity index (χ4v) is 4.81. The number of carbonyl (C=O) groups excluding carboxylic acids is 3. The normalized spacial score (nSPS) is 12.3. The summed E-state index contributed by atoms with van der Waals surface area (Å²) in [6, 6.07) is 22.9. The molecule has 4 aromatic rings. The highest BCUT2D eigenvalue weighted by Crippen LogP contribution is 2.38. The number of amides is 3. The predicted octanol–water partition coefficient (Wildman–Crippen LogP) is 7.79. The Hall–Kier alpha value is -5.11. The second-order valence-corrected chi connectivity index (χ2v) is 10.9. The molecule has 0 heterocycles. The maximum absolute atomic E-state index is 14.2. The number of hydrogen-bond donors (Lipinski definition) is 3. The van der Waals surface area contributed by atoms with Gasteiger partial charge in [0.25, 0.3) is 11.8 Å². The van der Waals surface area contributed by atoms with Gasteiger partial charge in [-0.1, -0.05) is 48.5 Å². The summed E-state index contributed by atoms with van der Waals surface area (Å²) in [6.07, 6.45) is -4.23. The summed E-state index contributed by atoms with van der Waals surface area (Å²) in [5.41, 5.74) is -3.25. The van der Waals surface area contributed by atoms with Crippen molar-refractivity contribution in [2.45, 2.75) is 23.2 Å². The Labute approximate surface area is 261 Å². The van der Waals surface area contributed by atoms with Crippen LogP contribution in [0.15, 0.2) is 95.5 Å². The average Bonchev–Trinajstić information content (AvgIpc) is 3.03. The van der Waals surface area contributed by atoms with Crippen LogP contribution in [0.1, 0.15) is 28.4 Å². The van der Waals surface area contributed by atoms with Crippen molar-refractivity contribution in [1.29, 1.82) is 0 Å². The molecule has 46 heavy (non-hydrogen) atoms. The molecule has 0 bridgehead atoms. The highest BCUT2D eigenvalue weighted by atomic mass is 32.2. The molecule has 0 fully saturated rings. The molecule has 0 aliphatic rings. The molecular formula is C32H22F7N3O3S. The molecule has 0 aromatic heterocycles. The molecule has 238 valence electrons. The van der Waals surface area contributed by atoms with Gasteiger partial charge in [-0.15, -0.1) is 11.8 Å². The van der Waals surface area contributed by atoms with Crippen molar-refractivity contribution in [3.63, 3.8) is 0 Å². The van der Waals surface area contributed by atoms with Crippen LogP contribution in [0.4, 0.5) is 42.1 Å². The molecule has 0 saturated carbocycles. The third-order valence-corrected chi connectivity index (χ3v) is 7.34. The number of rotatable bonds is 9. The molecule has 3 amide bonds. The summed E-state index contributed by atoms with van der Waals surface area (Å²) in [4.78, 5) is 38.8. The SMILES string of the molecule is CC(Sc1ccc(NC(=O)/C(=C/c2ccccc2)NC(=O)c2ccccc2)cc1)C(=O)Nc1c(F)c(F)c(C(F)(F)F)c(F)c1F. The average molecular weight is 662 g/mol. The quantitative estimate of drug-likeness (QED) is 0.0740. The van der Waals surface area contributed by atoms with Crippen LogP contribution in [0.3, 0.4) is 0 Å². The van der Waals surface area contributed by atoms with Crippen molar-refractivity contribution in [3.8, 4) is 0 Å². The standard InChI is InChI=1S/C32H22F7N3O3S/c1-17(29(43)42-28-26(35)24(33)23(32(37,38)39)25(34)27(28)36)46-21-14-12-20(13-15-21)40-31(45)22(16-18-8-4-2-5-9-18)41-30(44)19-10-6-3-7-11-19/h2-17H,1H3,(H,40,45)(H,41,44)(H,42,43)/b22-16-. The molecule has 0 spiro atoms. The molecule has 1 unspecified atom stereocenters. The van der Waals surface area contributed by atoms with Crippen LogP contribution >= 0.6 is 11.8 Å². The first-order chi connectivity index (χ1) is 21.8. The Balaban J connectivity index is 1.44. The van der Waals surface area contributed by atoms with E-state index in [1.54, 1.807) is 66.0 Å². The van der Waals surface area contributed by atoms with Crippen LogP contribution in [0, 0.1) is 23.3 Å². The van der Waals surface area contributed by atoms with Gasteiger partial charge in [0.15, 0.2) is 23.3 Å². The number of thioether (sulfide) groups is 1. The molecule has 6 nitrogen and oxygen atoms in total. The lowest BCUT2D eigenvalue weighted by atomic mass is 10.1. The topological polar surface area (TPSA) is 87.3 Å². The molecule has 14 heteroatoms. The minimum Gasteiger partial charge on any atom is -0.321 e. The lowest BCUT2D eigenvalue weighted by Crippen LogP contribution is -2.30. The maximum Gasteiger partial charge on any atom is 0.422 e. The highest BCUT2D eigenvalue weighted by Gasteiger charge is 2.42. The summed E-state index contributed by atoms with van der Waals surface area (Å²) in [6.45, 7) is 1.28. The second-order valence-electron chi connectivity index (χ2n) is 9.52. The van der Waals surface area contributed by atoms with Crippen LogP contribution < -0.4 is 16.0 Å². The van der Waals surface area contributed by atoms with Gasteiger partial charge in [0.1, 0.15) is 16.9 Å². The van der Waals surface area contributed by atoms with Crippen molar-refractivity contribution in [2.75, 3.05) is 10.6 Å². The van der Waals surface area contributed by atoms with Crippen LogP contribution in [0.25, 0.3) is 6.08 Å². The Morgan fingerprint density at radius 2 is 1.28 bits per heavy atom. The monoisotopic (exact) mass is 661 g/mol. The Kier molecular flexibility index (Phi) is 10.5. The van der Waals surface area contributed by atoms with Gasteiger partial charge >= 0.3 is 6.18 Å². The van der Waals surface area contributed by atoms with E-state index in [2.05, 4.69) is 10.6 Å². The number of nitrogens with one attached hydrogen (secondary N) is 3. The lowest BCUT2D eigenvalue weighted by Gasteiger charge is -2.16. The third kappa shape index (κ3) is 8.13. The van der Waals surface area contributed by atoms with Gasteiger partial charge in [-0.25, -0.2) is 17.6 Å². The largest absolute Gasteiger partial charge is 0.422 e. The molecule has 4 rings (SSSR count). The molecule has 0 radical (unpaired) electrons. The molecular weight excluding hydrogens is 639 g/mol. The number of alkyl halides is 3. The number of anilines is 2. The van der Waals surface area contributed by atoms with E-state index in [4.69, 9.17) is 0 Å². The Bertz CT molecular complexity index is 1750. The van der Waals surface area contributed by atoms with Crippen molar-refractivity contribution < 1.29 is 45.1 Å². The molecule has 0 aliphatic carbocycles. The smallest absolute Gasteiger partial charge is 0.321 e. The van der Waals surface area contributed by atoms with Gasteiger partial charge in [-0.2, -0.15) is 13.2 Å². The van der Waals surface area contributed by atoms with E-state index in [1.807, 2.05) is 0 Å². The van der Waals surface area contributed by atoms with Gasteiger partial charge in [0.2, 0.25) is 5.91 Å². The minimum atomic E-state index is -5.72. The van der Waals surface area contributed by atoms with Crippen molar-refractivity contribution in [3.05, 3.63) is 131 Å². The number of halogens is 7. The van der Waals surface area contributed by atoms with Crippen LogP contribution in [0.2, 0.25) is 0 Å². The Morgan fingerprint density at radius 3 is 1.83 bits per heavy atom. The van der Waals surface area contributed by atoms with E-state index in [9.17, 15) is 45.1 Å². The van der Waals surface area contributed by atoms with Crippen LogP contribution in [-0.2, 0) is 15.8 Å². The molecule has 0 aliphatic heterocycles. The van der Waals surface area contributed by atoms with Crippen LogP contribution in [-0.4, -0.2) is 23.0 Å². The highest BCUT2D eigenvalue weighted by molar-refractivity contribution is 8.00. The van der Waals surface area contributed by atoms with Crippen LogP contribution in [0.5, 0.6) is 0 Å². The number of benzene rings is 4. The van der Waals surface area contributed by atoms with E-state index >= 15 is 0 Å². The fraction of sp³-hybridized carbons (Fsp3) is 0.0938. The van der Waals surface area contributed by atoms with E-state index in [0.717, 1.165) is 11.8 Å². The summed E-state index contributed by atoms with van der Waals surface area (Å²) in [5, 5.41) is 5.70. The van der Waals surface area contributed by atoms with Gasteiger partial charge in [0, 0.05) is 16.1 Å². The third-order valence-electron chi connectivity index (χ3n) is 6.23. The summed E-state index contributed by atoms with van der Waals surface area (Å²) < 4.78 is 94.7. The molecule has 0 saturated heterocycles. The van der Waals surface area contributed by atoms with E-state index in [0.29, 0.717) is 21.7 Å². The summed E-state index contributed by atoms with van der Waals surface area (Å²) in [5.74, 6) is -12.5. The predicted molar refractivity (Wildman–Crippen MR) is 159 cm³/mol. The summed E-state index contributed by atoms with van der Waals surface area (Å²) in [7, 11) is 0. The number of hydrogen-bond acceptors (Lipinski definition) is 4. The second kappa shape index (κ2) is 14.3. The zero-order chi connectivity index (χ0) is 33.6. The first-order valence-corrected chi connectivity index (χ1v) is 14.1.